The molecule has 2 N–H and O–H groups in total. The SMILES string of the molecule is CCc1ccc(C(=CCC(N)C(=O)[O-])c2ccc(F)cc2F)cc1.[Na+]. The maximum absolute atomic E-state index is 14.2. The van der Waals surface area contributed by atoms with E-state index in [1.54, 1.807) is 0 Å². The number of benzene rings is 2. The molecule has 0 fully saturated rings. The van der Waals surface area contributed by atoms with Crippen molar-refractivity contribution >= 4 is 11.5 Å². The van der Waals surface area contributed by atoms with Gasteiger partial charge >= 0.3 is 29.6 Å². The Morgan fingerprint density at radius 3 is 2.36 bits per heavy atom. The molecule has 1 atom stereocenters. The molecule has 25 heavy (non-hydrogen) atoms. The largest absolute Gasteiger partial charge is 1.00 e. The fourth-order valence-corrected chi connectivity index (χ4v) is 2.35. The first-order valence-electron chi connectivity index (χ1n) is 7.63. The van der Waals surface area contributed by atoms with Crippen LogP contribution in [0.15, 0.2) is 48.5 Å². The summed E-state index contributed by atoms with van der Waals surface area (Å²) in [6.45, 7) is 2.02. The van der Waals surface area contributed by atoms with E-state index in [0.29, 0.717) is 11.1 Å². The Kier molecular flexibility index (Phi) is 8.45. The second-order valence-electron chi connectivity index (χ2n) is 5.45. The molecule has 0 amide bonds. The molecule has 0 saturated carbocycles. The first-order valence-corrected chi connectivity index (χ1v) is 7.63. The van der Waals surface area contributed by atoms with Gasteiger partial charge in [-0.25, -0.2) is 8.78 Å². The van der Waals surface area contributed by atoms with Gasteiger partial charge in [-0.3, -0.25) is 0 Å². The molecule has 1 unspecified atom stereocenters. The third-order valence-corrected chi connectivity index (χ3v) is 3.77. The molecule has 0 bridgehead atoms. The summed E-state index contributed by atoms with van der Waals surface area (Å²) in [6, 6.07) is 9.53. The number of hydrogen-bond acceptors (Lipinski definition) is 3. The van der Waals surface area contributed by atoms with Gasteiger partial charge in [-0.1, -0.05) is 37.3 Å². The summed E-state index contributed by atoms with van der Waals surface area (Å²) in [7, 11) is 0. The molecule has 0 aromatic heterocycles. The molecular weight excluding hydrogens is 335 g/mol. The Bertz CT molecular complexity index is 761. The molecule has 0 aliphatic carbocycles. The number of aliphatic carboxylic acids is 1. The van der Waals surface area contributed by atoms with Gasteiger partial charge in [-0.05, 0) is 41.7 Å². The van der Waals surface area contributed by atoms with Crippen LogP contribution in [0.2, 0.25) is 0 Å². The Morgan fingerprint density at radius 1 is 1.20 bits per heavy atom. The second kappa shape index (κ2) is 9.82. The molecule has 2 rings (SSSR count). The molecule has 0 heterocycles. The van der Waals surface area contributed by atoms with Gasteiger partial charge in [0, 0.05) is 17.7 Å². The number of aryl methyl sites for hydroxylation is 1. The van der Waals surface area contributed by atoms with E-state index in [9.17, 15) is 18.7 Å². The summed E-state index contributed by atoms with van der Waals surface area (Å²) in [4.78, 5) is 10.8. The minimum absolute atomic E-state index is 0. The zero-order valence-electron chi connectivity index (χ0n) is 14.3. The molecule has 0 radical (unpaired) electrons. The first-order chi connectivity index (χ1) is 11.4. The molecule has 0 aliphatic rings. The summed E-state index contributed by atoms with van der Waals surface area (Å²) >= 11 is 0. The van der Waals surface area contributed by atoms with Crippen molar-refractivity contribution in [1.82, 2.24) is 0 Å². The van der Waals surface area contributed by atoms with Crippen LogP contribution in [0.3, 0.4) is 0 Å². The first kappa shape index (κ1) is 21.5. The van der Waals surface area contributed by atoms with Crippen LogP contribution in [0.5, 0.6) is 0 Å². The summed E-state index contributed by atoms with van der Waals surface area (Å²) < 4.78 is 27.3. The minimum atomic E-state index is -1.38. The average Bonchev–Trinajstić information content (AvgIpc) is 2.56. The molecule has 3 nitrogen and oxygen atoms in total. The van der Waals surface area contributed by atoms with Gasteiger partial charge in [-0.2, -0.15) is 0 Å². The van der Waals surface area contributed by atoms with Crippen molar-refractivity contribution in [3.8, 4) is 0 Å². The summed E-state index contributed by atoms with van der Waals surface area (Å²) in [5.41, 5.74) is 7.93. The summed E-state index contributed by atoms with van der Waals surface area (Å²) in [5, 5.41) is 10.8. The van der Waals surface area contributed by atoms with E-state index in [-0.39, 0.29) is 41.5 Å². The van der Waals surface area contributed by atoms with Crippen molar-refractivity contribution in [1.29, 1.82) is 0 Å². The van der Waals surface area contributed by atoms with Crippen molar-refractivity contribution in [3.63, 3.8) is 0 Å². The Balaban J connectivity index is 0.00000312. The third kappa shape index (κ3) is 5.75. The van der Waals surface area contributed by atoms with Crippen LogP contribution in [-0.2, 0) is 11.2 Å². The van der Waals surface area contributed by atoms with Gasteiger partial charge in [0.15, 0.2) is 0 Å². The fraction of sp³-hybridized carbons (Fsp3) is 0.211. The molecule has 6 heteroatoms. The van der Waals surface area contributed by atoms with E-state index >= 15 is 0 Å². The van der Waals surface area contributed by atoms with Gasteiger partial charge in [0.25, 0.3) is 0 Å². The number of hydrogen-bond donors (Lipinski definition) is 1. The Morgan fingerprint density at radius 2 is 1.84 bits per heavy atom. The molecule has 0 spiro atoms. The van der Waals surface area contributed by atoms with Crippen LogP contribution in [0.4, 0.5) is 8.78 Å². The van der Waals surface area contributed by atoms with Crippen LogP contribution >= 0.6 is 0 Å². The Labute approximate surface area is 167 Å². The number of nitrogens with two attached hydrogens (primary N) is 1. The van der Waals surface area contributed by atoms with Gasteiger partial charge in [0.1, 0.15) is 11.6 Å². The zero-order chi connectivity index (χ0) is 17.7. The smallest absolute Gasteiger partial charge is 0.548 e. The van der Waals surface area contributed by atoms with Crippen molar-refractivity contribution < 1.29 is 48.2 Å². The van der Waals surface area contributed by atoms with E-state index in [1.807, 2.05) is 31.2 Å². The van der Waals surface area contributed by atoms with E-state index in [1.165, 1.54) is 12.1 Å². The standard InChI is InChI=1S/C19H19F2NO2.Na/c1-2-12-3-5-13(6-4-12)15(9-10-18(22)19(23)24)16-8-7-14(20)11-17(16)21;/h3-9,11,18H,2,10,22H2,1H3,(H,23,24);/q;+1/p-1. The maximum atomic E-state index is 14.2. The number of carbonyl (C=O) groups excluding carboxylic acids is 1. The molecule has 2 aromatic carbocycles. The molecule has 2 aromatic rings. The molecule has 126 valence electrons. The summed E-state index contributed by atoms with van der Waals surface area (Å²) in [6.07, 6.45) is 2.38. The normalized spacial score (nSPS) is 12.4. The van der Waals surface area contributed by atoms with Crippen LogP contribution in [-0.4, -0.2) is 12.0 Å². The monoisotopic (exact) mass is 353 g/mol. The molecule has 0 aliphatic heterocycles. The van der Waals surface area contributed by atoms with Crippen molar-refractivity contribution in [2.45, 2.75) is 25.8 Å². The topological polar surface area (TPSA) is 66.2 Å². The summed E-state index contributed by atoms with van der Waals surface area (Å²) in [5.74, 6) is -2.78. The van der Waals surface area contributed by atoms with Gasteiger partial charge in [0.05, 0.1) is 5.97 Å². The third-order valence-electron chi connectivity index (χ3n) is 3.77. The quantitative estimate of drug-likeness (QED) is 0.708. The van der Waals surface area contributed by atoms with Gasteiger partial charge < -0.3 is 15.6 Å². The zero-order valence-corrected chi connectivity index (χ0v) is 16.3. The Hall–Kier alpha value is -1.53. The number of carbonyl (C=O) groups is 1. The van der Waals surface area contributed by atoms with Crippen molar-refractivity contribution in [2.24, 2.45) is 5.73 Å². The molecular formula is C19H18F2NNaO2. The predicted molar refractivity (Wildman–Crippen MR) is 86.9 cm³/mol. The van der Waals surface area contributed by atoms with E-state index < -0.39 is 23.6 Å². The number of carboxylic acids is 1. The van der Waals surface area contributed by atoms with Crippen molar-refractivity contribution in [3.05, 3.63) is 76.9 Å². The van der Waals surface area contributed by atoms with Gasteiger partial charge in [0.2, 0.25) is 0 Å². The van der Waals surface area contributed by atoms with Crippen LogP contribution in [0.25, 0.3) is 5.57 Å². The van der Waals surface area contributed by atoms with Gasteiger partial charge in [-0.15, -0.1) is 0 Å². The predicted octanol–water partition coefficient (Wildman–Crippen LogP) is -0.570. The second-order valence-corrected chi connectivity index (χ2v) is 5.45. The van der Waals surface area contributed by atoms with Crippen LogP contribution in [0.1, 0.15) is 30.0 Å². The van der Waals surface area contributed by atoms with E-state index in [0.717, 1.165) is 24.1 Å². The molecule has 0 saturated heterocycles. The maximum Gasteiger partial charge on any atom is 1.00 e. The number of halogens is 2. The number of rotatable bonds is 6. The van der Waals surface area contributed by atoms with E-state index in [2.05, 4.69) is 0 Å². The number of carboxylic acid groups (broad SMARTS) is 1. The fourth-order valence-electron chi connectivity index (χ4n) is 2.35. The van der Waals surface area contributed by atoms with Crippen LogP contribution in [0, 0.1) is 11.6 Å². The van der Waals surface area contributed by atoms with Crippen molar-refractivity contribution in [2.75, 3.05) is 0 Å². The van der Waals surface area contributed by atoms with E-state index in [4.69, 9.17) is 5.73 Å². The van der Waals surface area contributed by atoms with Crippen LogP contribution < -0.4 is 40.4 Å². The minimum Gasteiger partial charge on any atom is -0.548 e. The average molecular weight is 353 g/mol.